The van der Waals surface area contributed by atoms with Crippen molar-refractivity contribution in [3.8, 4) is 0 Å². The smallest absolute Gasteiger partial charge is 0.306 e. The molecule has 30 heavy (non-hydrogen) atoms. The van der Waals surface area contributed by atoms with Gasteiger partial charge in [0.05, 0.1) is 5.92 Å². The highest BCUT2D eigenvalue weighted by Gasteiger charge is 2.59. The zero-order valence-corrected chi connectivity index (χ0v) is 19.1. The lowest BCUT2D eigenvalue weighted by Gasteiger charge is -2.58. The second kappa shape index (κ2) is 8.10. The zero-order chi connectivity index (χ0) is 24.2. The molecule has 0 aromatic rings. The first-order valence-corrected chi connectivity index (χ1v) is 12.3. The molecule has 3 heteroatoms. The molecule has 1 N–H and O–H groups in total. The van der Waals surface area contributed by atoms with Gasteiger partial charge in [0.15, 0.2) is 5.78 Å². The van der Waals surface area contributed by atoms with Crippen molar-refractivity contribution in [2.24, 2.45) is 46.3 Å². The number of allylic oxidation sites excluding steroid dienone is 1. The van der Waals surface area contributed by atoms with Crippen molar-refractivity contribution in [1.82, 2.24) is 0 Å². The van der Waals surface area contributed by atoms with E-state index < -0.39 is 18.7 Å². The van der Waals surface area contributed by atoms with Crippen molar-refractivity contribution < 1.29 is 18.8 Å². The number of hydrogen-bond acceptors (Lipinski definition) is 2. The fourth-order valence-corrected chi connectivity index (χ4v) is 8.50. The maximum atomic E-state index is 12.1. The Morgan fingerprint density at radius 1 is 1.17 bits per heavy atom. The molecule has 3 nitrogen and oxygen atoms in total. The predicted octanol–water partition coefficient (Wildman–Crippen LogP) is 6.66. The summed E-state index contributed by atoms with van der Waals surface area (Å²) in [4.78, 5) is 23.5. The Kier molecular flexibility index (Phi) is 4.98. The highest BCUT2D eigenvalue weighted by Crippen LogP contribution is 2.67. The Bertz CT molecular complexity index is 818. The molecule has 0 aromatic heterocycles. The summed E-state index contributed by atoms with van der Waals surface area (Å²) in [5, 5.41) is 9.33. The normalized spacial score (nSPS) is 44.4. The summed E-state index contributed by atoms with van der Waals surface area (Å²) < 4.78 is 22.6. The van der Waals surface area contributed by atoms with Gasteiger partial charge in [0.2, 0.25) is 0 Å². The zero-order valence-electron chi connectivity index (χ0n) is 22.1. The van der Waals surface area contributed by atoms with E-state index in [-0.39, 0.29) is 11.8 Å². The molecule has 1 unspecified atom stereocenters. The van der Waals surface area contributed by atoms with Gasteiger partial charge in [-0.2, -0.15) is 0 Å². The monoisotopic (exact) mass is 417 g/mol. The third kappa shape index (κ3) is 3.58. The van der Waals surface area contributed by atoms with Crippen LogP contribution in [0.3, 0.4) is 0 Å². The number of rotatable bonds is 6. The molecule has 8 atom stereocenters. The SMILES string of the molecule is [2H]C([2H])([2H])C(CCC[C@@H](C)[C@H]1CC[C@H]2[C@@H]3CCC4=CC(=O)CC[C@]4(C)[C@H]3CC[C@]12C)C(=O)O. The average Bonchev–Trinajstić information content (AvgIpc) is 3.07. The second-order valence-electron chi connectivity index (χ2n) is 11.5. The van der Waals surface area contributed by atoms with Crippen LogP contribution in [-0.2, 0) is 9.59 Å². The van der Waals surface area contributed by atoms with E-state index in [2.05, 4.69) is 20.8 Å². The van der Waals surface area contributed by atoms with Gasteiger partial charge in [-0.3, -0.25) is 9.59 Å². The van der Waals surface area contributed by atoms with Crippen LogP contribution in [0, 0.1) is 46.3 Å². The Balaban J connectivity index is 1.42. The molecule has 0 bridgehead atoms. The largest absolute Gasteiger partial charge is 0.481 e. The van der Waals surface area contributed by atoms with Crippen molar-refractivity contribution in [3.05, 3.63) is 11.6 Å². The lowest BCUT2D eigenvalue weighted by atomic mass is 9.46. The fraction of sp³-hybridized carbons (Fsp3) is 0.852. The van der Waals surface area contributed by atoms with E-state index in [9.17, 15) is 14.7 Å². The Morgan fingerprint density at radius 2 is 1.97 bits per heavy atom. The lowest BCUT2D eigenvalue weighted by Crippen LogP contribution is -2.50. The summed E-state index contributed by atoms with van der Waals surface area (Å²) >= 11 is 0. The van der Waals surface area contributed by atoms with E-state index in [0.29, 0.717) is 41.8 Å². The molecule has 0 heterocycles. The van der Waals surface area contributed by atoms with Gasteiger partial charge in [0, 0.05) is 10.5 Å². The number of carbonyl (C=O) groups excluding carboxylic acids is 1. The van der Waals surface area contributed by atoms with Gasteiger partial charge in [0.1, 0.15) is 0 Å². The first-order chi connectivity index (χ1) is 15.4. The van der Waals surface area contributed by atoms with Crippen molar-refractivity contribution in [1.29, 1.82) is 0 Å². The van der Waals surface area contributed by atoms with E-state index in [4.69, 9.17) is 4.11 Å². The number of carboxylic acids is 1. The van der Waals surface area contributed by atoms with Crippen molar-refractivity contribution >= 4 is 11.8 Å². The molecule has 4 aliphatic carbocycles. The first kappa shape index (κ1) is 18.5. The number of aliphatic carboxylic acids is 1. The minimum Gasteiger partial charge on any atom is -0.481 e. The highest BCUT2D eigenvalue weighted by atomic mass is 16.4. The molecular formula is C27H42O3. The van der Waals surface area contributed by atoms with Crippen molar-refractivity contribution in [2.45, 2.75) is 98.3 Å². The molecule has 168 valence electrons. The van der Waals surface area contributed by atoms with Crippen LogP contribution in [-0.4, -0.2) is 16.9 Å². The molecule has 0 aromatic carbocycles. The molecule has 0 aliphatic heterocycles. The number of ketones is 1. The molecular weight excluding hydrogens is 372 g/mol. The van der Waals surface area contributed by atoms with Gasteiger partial charge in [-0.15, -0.1) is 0 Å². The quantitative estimate of drug-likeness (QED) is 0.525. The number of fused-ring (bicyclic) bond motifs is 5. The Labute approximate surface area is 187 Å². The fourth-order valence-electron chi connectivity index (χ4n) is 8.50. The summed E-state index contributed by atoms with van der Waals surface area (Å²) in [5.74, 6) is 1.20. The predicted molar refractivity (Wildman–Crippen MR) is 120 cm³/mol. The Hall–Kier alpha value is -1.12. The third-order valence-electron chi connectivity index (χ3n) is 10.2. The average molecular weight is 418 g/mol. The van der Waals surface area contributed by atoms with Gasteiger partial charge in [-0.1, -0.05) is 46.0 Å². The van der Waals surface area contributed by atoms with E-state index in [1.54, 1.807) is 0 Å². The van der Waals surface area contributed by atoms with Crippen LogP contribution in [0.15, 0.2) is 11.6 Å². The minimum atomic E-state index is -2.42. The lowest BCUT2D eigenvalue weighted by molar-refractivity contribution is -0.141. The van der Waals surface area contributed by atoms with Crippen LogP contribution in [0.25, 0.3) is 0 Å². The second-order valence-corrected chi connectivity index (χ2v) is 11.5. The number of hydrogen-bond donors (Lipinski definition) is 1. The summed E-state index contributed by atoms with van der Waals surface area (Å²) in [6.07, 6.45) is 12.9. The number of carbonyl (C=O) groups is 2. The number of carboxylic acid groups (broad SMARTS) is 1. The standard InChI is InChI=1S/C27H42O3/c1-17(6-5-7-18(2)25(29)30)22-10-11-23-21-9-8-19-16-20(28)12-14-26(19,3)24(21)13-15-27(22,23)4/h16-18,21-24H,5-15H2,1-4H3,(H,29,30)/t17-,18?,21+,22-,23+,24+,26+,27-/m1/s1/i2D3. The van der Waals surface area contributed by atoms with Gasteiger partial charge in [-0.05, 0) is 97.9 Å². The van der Waals surface area contributed by atoms with Crippen molar-refractivity contribution in [3.63, 3.8) is 0 Å². The summed E-state index contributed by atoms with van der Waals surface area (Å²) in [6.45, 7) is 4.84. The van der Waals surface area contributed by atoms with Crippen LogP contribution in [0.5, 0.6) is 0 Å². The van der Waals surface area contributed by atoms with Crippen LogP contribution in [0.2, 0.25) is 0 Å². The summed E-state index contributed by atoms with van der Waals surface area (Å²) in [7, 11) is 0. The Morgan fingerprint density at radius 3 is 2.70 bits per heavy atom. The van der Waals surface area contributed by atoms with Crippen LogP contribution in [0.1, 0.15) is 102 Å². The van der Waals surface area contributed by atoms with Crippen LogP contribution < -0.4 is 0 Å². The molecule has 4 aliphatic rings. The molecule has 0 spiro atoms. The molecule has 0 amide bonds. The van der Waals surface area contributed by atoms with Crippen molar-refractivity contribution in [2.75, 3.05) is 0 Å². The maximum Gasteiger partial charge on any atom is 0.306 e. The maximum absolute atomic E-state index is 12.1. The first-order valence-electron chi connectivity index (χ1n) is 13.8. The van der Waals surface area contributed by atoms with Gasteiger partial charge in [-0.25, -0.2) is 0 Å². The topological polar surface area (TPSA) is 54.4 Å². The van der Waals surface area contributed by atoms with Gasteiger partial charge < -0.3 is 5.11 Å². The van der Waals surface area contributed by atoms with E-state index in [1.807, 2.05) is 6.08 Å². The van der Waals surface area contributed by atoms with E-state index >= 15 is 0 Å². The summed E-state index contributed by atoms with van der Waals surface area (Å²) in [6, 6.07) is 0. The van der Waals surface area contributed by atoms with E-state index in [1.165, 1.54) is 37.7 Å². The highest BCUT2D eigenvalue weighted by molar-refractivity contribution is 5.91. The molecule has 3 saturated carbocycles. The van der Waals surface area contributed by atoms with E-state index in [0.717, 1.165) is 31.1 Å². The van der Waals surface area contributed by atoms with Crippen LogP contribution >= 0.6 is 0 Å². The molecule has 0 saturated heterocycles. The third-order valence-corrected chi connectivity index (χ3v) is 10.2. The van der Waals surface area contributed by atoms with Gasteiger partial charge >= 0.3 is 5.97 Å². The summed E-state index contributed by atoms with van der Waals surface area (Å²) in [5.41, 5.74) is 1.97. The molecule has 3 fully saturated rings. The van der Waals surface area contributed by atoms with Crippen LogP contribution in [0.4, 0.5) is 0 Å². The van der Waals surface area contributed by atoms with Gasteiger partial charge in [0.25, 0.3) is 0 Å². The molecule has 0 radical (unpaired) electrons. The molecule has 4 rings (SSSR count). The minimum absolute atomic E-state index is 0.211.